The Bertz CT molecular complexity index is 1650. The fourth-order valence-electron chi connectivity index (χ4n) is 4.91. The molecule has 4 aromatic carbocycles. The van der Waals surface area contributed by atoms with Crippen LogP contribution < -0.4 is 4.74 Å². The molecule has 0 bridgehead atoms. The molecule has 0 spiro atoms. The van der Waals surface area contributed by atoms with Gasteiger partial charge in [-0.1, -0.05) is 66.7 Å². The van der Waals surface area contributed by atoms with E-state index in [2.05, 4.69) is 59.6 Å². The molecule has 2 aliphatic rings. The number of thioether (sulfide) groups is 1. The van der Waals surface area contributed by atoms with E-state index in [0.29, 0.717) is 17.1 Å². The minimum absolute atomic E-state index is 0. The summed E-state index contributed by atoms with van der Waals surface area (Å²) in [6.07, 6.45) is 0. The van der Waals surface area contributed by atoms with Gasteiger partial charge in [-0.05, 0) is 34.4 Å². The molecule has 1 aliphatic heterocycles. The van der Waals surface area contributed by atoms with Gasteiger partial charge in [-0.3, -0.25) is 0 Å². The van der Waals surface area contributed by atoms with Gasteiger partial charge in [0.1, 0.15) is 11.3 Å². The van der Waals surface area contributed by atoms with Crippen molar-refractivity contribution in [2.24, 2.45) is 4.99 Å². The fraction of sp³-hybridized carbons (Fsp3) is 0.0667. The minimum Gasteiger partial charge on any atom is -0.506 e. The van der Waals surface area contributed by atoms with Gasteiger partial charge in [0, 0.05) is 43.3 Å². The Labute approximate surface area is 227 Å². The van der Waals surface area contributed by atoms with Crippen molar-refractivity contribution >= 4 is 27.7 Å². The number of aromatic nitrogens is 1. The van der Waals surface area contributed by atoms with Crippen molar-refractivity contribution < 1.29 is 30.9 Å². The van der Waals surface area contributed by atoms with Crippen LogP contribution in [0.25, 0.3) is 22.0 Å². The first kappa shape index (κ1) is 23.0. The van der Waals surface area contributed by atoms with Crippen LogP contribution in [0.3, 0.4) is 0 Å². The van der Waals surface area contributed by atoms with Crippen LogP contribution in [0.5, 0.6) is 17.4 Å². The SMILES string of the molecule is Oc1cccc2ccc(Oc3[c-]c(C4=N[C@H]5c6ccccc6-c6ccccc6[C@H]5S4)ccc3)nc12.[Pt]. The van der Waals surface area contributed by atoms with E-state index in [1.54, 1.807) is 30.0 Å². The Kier molecular flexibility index (Phi) is 5.91. The summed E-state index contributed by atoms with van der Waals surface area (Å²) >= 11 is 1.79. The van der Waals surface area contributed by atoms with E-state index in [0.717, 1.165) is 16.0 Å². The van der Waals surface area contributed by atoms with Crippen molar-refractivity contribution in [3.8, 4) is 28.5 Å². The van der Waals surface area contributed by atoms with E-state index in [-0.39, 0.29) is 38.1 Å². The second-order valence-corrected chi connectivity index (χ2v) is 9.75. The van der Waals surface area contributed by atoms with E-state index in [1.807, 2.05) is 30.3 Å². The van der Waals surface area contributed by atoms with Crippen LogP contribution in [0.1, 0.15) is 28.0 Å². The summed E-state index contributed by atoms with van der Waals surface area (Å²) in [6.45, 7) is 0. The van der Waals surface area contributed by atoms with Gasteiger partial charge in [0.05, 0.1) is 11.3 Å². The number of hydrogen-bond acceptors (Lipinski definition) is 5. The maximum Gasteiger partial charge on any atom is 0.217 e. The number of phenolic OH excluding ortho intramolecular Hbond substituents is 1. The molecule has 0 saturated carbocycles. The smallest absolute Gasteiger partial charge is 0.217 e. The molecule has 0 radical (unpaired) electrons. The molecule has 1 aromatic heterocycles. The van der Waals surface area contributed by atoms with Crippen molar-refractivity contribution in [3.05, 3.63) is 120 Å². The number of ether oxygens (including phenoxy) is 1. The molecule has 5 aromatic rings. The van der Waals surface area contributed by atoms with Crippen LogP contribution in [0.4, 0.5) is 0 Å². The number of phenols is 1. The predicted octanol–water partition coefficient (Wildman–Crippen LogP) is 7.49. The zero-order valence-corrected chi connectivity index (χ0v) is 22.0. The Balaban J connectivity index is 0.00000240. The van der Waals surface area contributed by atoms with Crippen LogP contribution in [0.2, 0.25) is 0 Å². The predicted molar refractivity (Wildman–Crippen MR) is 140 cm³/mol. The standard InChI is InChI=1S/C30H19N2O2S.Pt/c33-25-14-6-7-18-15-16-26(31-27(18)25)34-20-9-5-8-19(17-20)30-32-28-23-12-3-1-10-21(23)22-11-2-4-13-24(22)29(28)35-30;/h1-16,28-29,33H;/q-1;/t28-,29+;/m0./s1. The average molecular weight is 667 g/mol. The molecule has 0 saturated heterocycles. The van der Waals surface area contributed by atoms with Crippen molar-refractivity contribution in [1.82, 2.24) is 4.98 Å². The molecule has 1 N–H and O–H groups in total. The first-order chi connectivity index (χ1) is 17.2. The summed E-state index contributed by atoms with van der Waals surface area (Å²) in [5.74, 6) is 1.10. The number of para-hydroxylation sites is 1. The normalized spacial score (nSPS) is 17.4. The van der Waals surface area contributed by atoms with Crippen molar-refractivity contribution in [1.29, 1.82) is 0 Å². The second kappa shape index (κ2) is 9.24. The summed E-state index contributed by atoms with van der Waals surface area (Å²) < 4.78 is 6.03. The summed E-state index contributed by atoms with van der Waals surface area (Å²) in [7, 11) is 0. The maximum absolute atomic E-state index is 10.1. The Morgan fingerprint density at radius 2 is 1.53 bits per heavy atom. The number of aliphatic imine (C=N–C) groups is 1. The summed E-state index contributed by atoms with van der Waals surface area (Å²) in [6, 6.07) is 35.5. The van der Waals surface area contributed by atoms with Crippen molar-refractivity contribution in [2.45, 2.75) is 11.3 Å². The van der Waals surface area contributed by atoms with E-state index in [1.165, 1.54) is 22.3 Å². The third kappa shape index (κ3) is 3.84. The maximum atomic E-state index is 10.1. The molecule has 2 heterocycles. The van der Waals surface area contributed by atoms with Crippen LogP contribution in [-0.2, 0) is 21.1 Å². The van der Waals surface area contributed by atoms with Gasteiger partial charge in [-0.15, -0.1) is 35.5 Å². The van der Waals surface area contributed by atoms with Gasteiger partial charge in [-0.2, -0.15) is 0 Å². The van der Waals surface area contributed by atoms with Crippen LogP contribution in [0, 0.1) is 6.07 Å². The third-order valence-corrected chi connectivity index (χ3v) is 7.82. The fourth-order valence-corrected chi connectivity index (χ4v) is 6.24. The van der Waals surface area contributed by atoms with Crippen LogP contribution in [-0.4, -0.2) is 15.1 Å². The Morgan fingerprint density at radius 3 is 2.39 bits per heavy atom. The topological polar surface area (TPSA) is 54.7 Å². The van der Waals surface area contributed by atoms with Crippen LogP contribution in [0.15, 0.2) is 102 Å². The minimum atomic E-state index is 0. The van der Waals surface area contributed by atoms with Gasteiger partial charge in [0.15, 0.2) is 0 Å². The molecule has 6 heteroatoms. The second-order valence-electron chi connectivity index (χ2n) is 8.62. The molecule has 0 fully saturated rings. The number of nitrogens with zero attached hydrogens (tertiary/aromatic N) is 2. The number of aromatic hydroxyl groups is 1. The molecule has 1 aliphatic carbocycles. The largest absolute Gasteiger partial charge is 0.506 e. The van der Waals surface area contributed by atoms with Gasteiger partial charge >= 0.3 is 0 Å². The van der Waals surface area contributed by atoms with Gasteiger partial charge in [-0.25, -0.2) is 4.98 Å². The molecule has 0 amide bonds. The van der Waals surface area contributed by atoms with Gasteiger partial charge in [0.2, 0.25) is 5.88 Å². The molecule has 2 atom stereocenters. The van der Waals surface area contributed by atoms with Crippen molar-refractivity contribution in [3.63, 3.8) is 0 Å². The van der Waals surface area contributed by atoms with Gasteiger partial charge in [0.25, 0.3) is 0 Å². The summed E-state index contributed by atoms with van der Waals surface area (Å²) in [5, 5.41) is 12.2. The van der Waals surface area contributed by atoms with Gasteiger partial charge < -0.3 is 14.8 Å². The Morgan fingerprint density at radius 1 is 0.778 bits per heavy atom. The summed E-state index contributed by atoms with van der Waals surface area (Å²) in [5.41, 5.74) is 6.57. The molecule has 178 valence electrons. The van der Waals surface area contributed by atoms with E-state index < -0.39 is 0 Å². The monoisotopic (exact) mass is 666 g/mol. The first-order valence-corrected chi connectivity index (χ1v) is 12.3. The van der Waals surface area contributed by atoms with Crippen LogP contribution >= 0.6 is 11.8 Å². The number of pyridine rings is 1. The zero-order chi connectivity index (χ0) is 23.4. The molecule has 4 nitrogen and oxygen atoms in total. The van der Waals surface area contributed by atoms with E-state index in [9.17, 15) is 5.11 Å². The Hall–Kier alpha value is -3.40. The molecule has 0 unspecified atom stereocenters. The average Bonchev–Trinajstić information content (AvgIpc) is 3.36. The quantitative estimate of drug-likeness (QED) is 0.203. The molecular formula is C30H19N2O2PtS-. The number of rotatable bonds is 3. The first-order valence-electron chi connectivity index (χ1n) is 11.5. The third-order valence-electron chi connectivity index (χ3n) is 6.51. The number of hydrogen-bond donors (Lipinski definition) is 1. The number of benzene rings is 4. The molecular weight excluding hydrogens is 647 g/mol. The van der Waals surface area contributed by atoms with E-state index in [4.69, 9.17) is 9.73 Å². The molecule has 7 rings (SSSR count). The van der Waals surface area contributed by atoms with E-state index >= 15 is 0 Å². The zero-order valence-electron chi connectivity index (χ0n) is 18.9. The van der Waals surface area contributed by atoms with Crippen molar-refractivity contribution in [2.75, 3.05) is 0 Å². The summed E-state index contributed by atoms with van der Waals surface area (Å²) in [4.78, 5) is 9.64. The molecule has 36 heavy (non-hydrogen) atoms. The number of fused-ring (bicyclic) bond motifs is 7.